The van der Waals surface area contributed by atoms with Crippen molar-refractivity contribution in [2.24, 2.45) is 0 Å². The maximum absolute atomic E-state index is 5.48. The number of H-pyrrole nitrogens is 1. The molecule has 0 spiro atoms. The van der Waals surface area contributed by atoms with Crippen LogP contribution in [0.4, 0.5) is 11.8 Å². The lowest BCUT2D eigenvalue weighted by atomic mass is 9.88. The Bertz CT molecular complexity index is 960. The Labute approximate surface area is 159 Å². The van der Waals surface area contributed by atoms with Crippen LogP contribution in [0.25, 0.3) is 11.0 Å². The van der Waals surface area contributed by atoms with Crippen LogP contribution in [0.5, 0.6) is 0 Å². The van der Waals surface area contributed by atoms with Gasteiger partial charge in [-0.3, -0.25) is 0 Å². The van der Waals surface area contributed by atoms with Crippen molar-refractivity contribution in [3.8, 4) is 0 Å². The van der Waals surface area contributed by atoms with Crippen molar-refractivity contribution in [1.82, 2.24) is 15.0 Å². The Morgan fingerprint density at radius 3 is 2.93 bits per heavy atom. The van der Waals surface area contributed by atoms with E-state index in [2.05, 4.69) is 52.5 Å². The highest BCUT2D eigenvalue weighted by atomic mass is 16.5. The summed E-state index contributed by atoms with van der Waals surface area (Å²) in [5, 5.41) is 4.81. The molecule has 2 aliphatic rings. The molecule has 2 N–H and O–H groups in total. The highest BCUT2D eigenvalue weighted by Gasteiger charge is 2.23. The number of rotatable bonds is 3. The van der Waals surface area contributed by atoms with Crippen molar-refractivity contribution in [2.45, 2.75) is 32.2 Å². The highest BCUT2D eigenvalue weighted by Crippen LogP contribution is 2.34. The van der Waals surface area contributed by atoms with E-state index in [4.69, 9.17) is 14.7 Å². The van der Waals surface area contributed by atoms with Crippen LogP contribution in [0, 0.1) is 6.92 Å². The van der Waals surface area contributed by atoms with E-state index in [1.165, 1.54) is 17.5 Å². The van der Waals surface area contributed by atoms with Gasteiger partial charge in [0, 0.05) is 18.8 Å². The monoisotopic (exact) mass is 363 g/mol. The molecule has 6 nitrogen and oxygen atoms in total. The zero-order valence-electron chi connectivity index (χ0n) is 15.7. The van der Waals surface area contributed by atoms with Gasteiger partial charge < -0.3 is 19.9 Å². The lowest BCUT2D eigenvalue weighted by molar-refractivity contribution is 0.122. The summed E-state index contributed by atoms with van der Waals surface area (Å²) in [6, 6.07) is 11.2. The molecule has 1 aromatic carbocycles. The molecule has 3 aromatic rings. The van der Waals surface area contributed by atoms with Crippen molar-refractivity contribution in [2.75, 3.05) is 36.5 Å². The van der Waals surface area contributed by atoms with Crippen molar-refractivity contribution in [1.29, 1.82) is 0 Å². The number of ether oxygens (including phenoxy) is 1. The van der Waals surface area contributed by atoms with Crippen LogP contribution in [0.2, 0.25) is 0 Å². The second-order valence-corrected chi connectivity index (χ2v) is 7.47. The van der Waals surface area contributed by atoms with Crippen LogP contribution in [-0.2, 0) is 11.2 Å². The zero-order valence-corrected chi connectivity index (χ0v) is 15.7. The standard InChI is InChI=1S/C21H25N5O/c1-14-13-17-19(22-14)24-21(26-9-11-27-12-10-26)25-20(17)23-18-8-4-6-15-5-2-3-7-16(15)18/h2-3,5,7,13,18H,4,6,8-12H2,1H3,(H2,22,23,24,25). The van der Waals surface area contributed by atoms with Gasteiger partial charge in [-0.05, 0) is 43.4 Å². The third-order valence-electron chi connectivity index (χ3n) is 5.58. The number of aryl methyl sites for hydroxylation is 2. The Balaban J connectivity index is 1.54. The van der Waals surface area contributed by atoms with Gasteiger partial charge in [-0.25, -0.2) is 0 Å². The number of benzene rings is 1. The Morgan fingerprint density at radius 1 is 1.19 bits per heavy atom. The van der Waals surface area contributed by atoms with Gasteiger partial charge in [0.15, 0.2) is 0 Å². The van der Waals surface area contributed by atoms with E-state index in [0.29, 0.717) is 6.04 Å². The number of anilines is 2. The molecule has 2 aromatic heterocycles. The maximum atomic E-state index is 5.48. The van der Waals surface area contributed by atoms with Crippen molar-refractivity contribution in [3.05, 3.63) is 47.2 Å². The van der Waals surface area contributed by atoms with E-state index < -0.39 is 0 Å². The first-order valence-electron chi connectivity index (χ1n) is 9.82. The first-order valence-corrected chi connectivity index (χ1v) is 9.82. The lowest BCUT2D eigenvalue weighted by Gasteiger charge is -2.29. The van der Waals surface area contributed by atoms with E-state index in [1.54, 1.807) is 0 Å². The fourth-order valence-corrected chi connectivity index (χ4v) is 4.21. The predicted octanol–water partition coefficient (Wildman–Crippen LogP) is 3.59. The average Bonchev–Trinajstić information content (AvgIpc) is 3.09. The van der Waals surface area contributed by atoms with Crippen LogP contribution >= 0.6 is 0 Å². The Kier molecular flexibility index (Phi) is 4.20. The van der Waals surface area contributed by atoms with Crippen LogP contribution in [0.1, 0.15) is 35.7 Å². The lowest BCUT2D eigenvalue weighted by Crippen LogP contribution is -2.37. The van der Waals surface area contributed by atoms with Gasteiger partial charge >= 0.3 is 0 Å². The second-order valence-electron chi connectivity index (χ2n) is 7.47. The fraction of sp³-hybridized carbons (Fsp3) is 0.429. The molecule has 0 saturated carbocycles. The summed E-state index contributed by atoms with van der Waals surface area (Å²) in [7, 11) is 0. The number of aromatic amines is 1. The van der Waals surface area contributed by atoms with Crippen molar-refractivity contribution >= 4 is 22.8 Å². The predicted molar refractivity (Wildman–Crippen MR) is 107 cm³/mol. The summed E-state index contributed by atoms with van der Waals surface area (Å²) >= 11 is 0. The van der Waals surface area contributed by atoms with Gasteiger partial charge in [-0.1, -0.05) is 24.3 Å². The first-order chi connectivity index (χ1) is 13.3. The van der Waals surface area contributed by atoms with Gasteiger partial charge in [0.2, 0.25) is 5.95 Å². The zero-order chi connectivity index (χ0) is 18.2. The number of fused-ring (bicyclic) bond motifs is 2. The van der Waals surface area contributed by atoms with Crippen LogP contribution in [0.15, 0.2) is 30.3 Å². The fourth-order valence-electron chi connectivity index (χ4n) is 4.21. The van der Waals surface area contributed by atoms with Gasteiger partial charge in [0.25, 0.3) is 0 Å². The van der Waals surface area contributed by atoms with Crippen LogP contribution in [0.3, 0.4) is 0 Å². The molecule has 27 heavy (non-hydrogen) atoms. The van der Waals surface area contributed by atoms with E-state index in [9.17, 15) is 0 Å². The van der Waals surface area contributed by atoms with Gasteiger partial charge in [0.05, 0.1) is 24.6 Å². The smallest absolute Gasteiger partial charge is 0.229 e. The normalized spacial score (nSPS) is 19.9. The largest absolute Gasteiger partial charge is 0.378 e. The molecule has 1 unspecified atom stereocenters. The summed E-state index contributed by atoms with van der Waals surface area (Å²) < 4.78 is 5.48. The molecule has 5 rings (SSSR count). The molecular weight excluding hydrogens is 338 g/mol. The SMILES string of the molecule is Cc1cc2c(NC3CCCc4ccccc43)nc(N3CCOCC3)nc2[nH]1. The number of aromatic nitrogens is 3. The summed E-state index contributed by atoms with van der Waals surface area (Å²) in [4.78, 5) is 15.3. The summed E-state index contributed by atoms with van der Waals surface area (Å²) in [6.07, 6.45) is 3.49. The van der Waals surface area contributed by atoms with Gasteiger partial charge in [0.1, 0.15) is 11.5 Å². The molecule has 0 bridgehead atoms. The second kappa shape index (κ2) is 6.85. The summed E-state index contributed by atoms with van der Waals surface area (Å²) in [5.41, 5.74) is 4.85. The molecule has 1 atom stereocenters. The molecule has 3 heterocycles. The quantitative estimate of drug-likeness (QED) is 0.744. The molecule has 1 fully saturated rings. The minimum atomic E-state index is 0.292. The number of hydrogen-bond acceptors (Lipinski definition) is 5. The van der Waals surface area contributed by atoms with E-state index >= 15 is 0 Å². The van der Waals surface area contributed by atoms with E-state index in [-0.39, 0.29) is 0 Å². The number of morpholine rings is 1. The van der Waals surface area contributed by atoms with Crippen LogP contribution < -0.4 is 10.2 Å². The number of nitrogens with one attached hydrogen (secondary N) is 2. The molecule has 0 amide bonds. The molecule has 140 valence electrons. The summed E-state index contributed by atoms with van der Waals surface area (Å²) in [6.45, 7) is 5.18. The van der Waals surface area contributed by atoms with Crippen molar-refractivity contribution < 1.29 is 4.74 Å². The average molecular weight is 363 g/mol. The molecule has 1 aliphatic carbocycles. The topological polar surface area (TPSA) is 66.1 Å². The number of nitrogens with zero attached hydrogens (tertiary/aromatic N) is 3. The Morgan fingerprint density at radius 2 is 2.04 bits per heavy atom. The molecule has 0 radical (unpaired) electrons. The highest BCUT2D eigenvalue weighted by molar-refractivity contribution is 5.89. The van der Waals surface area contributed by atoms with Gasteiger partial charge in [-0.2, -0.15) is 9.97 Å². The number of hydrogen-bond donors (Lipinski definition) is 2. The van der Waals surface area contributed by atoms with E-state index in [1.807, 2.05) is 0 Å². The minimum Gasteiger partial charge on any atom is -0.378 e. The Hall–Kier alpha value is -2.60. The maximum Gasteiger partial charge on any atom is 0.229 e. The third kappa shape index (κ3) is 3.14. The molecule has 6 heteroatoms. The third-order valence-corrected chi connectivity index (χ3v) is 5.58. The van der Waals surface area contributed by atoms with Crippen LogP contribution in [-0.4, -0.2) is 41.3 Å². The first kappa shape index (κ1) is 16.6. The molecule has 1 saturated heterocycles. The summed E-state index contributed by atoms with van der Waals surface area (Å²) in [5.74, 6) is 1.70. The van der Waals surface area contributed by atoms with E-state index in [0.717, 1.165) is 67.6 Å². The molecular formula is C21H25N5O. The van der Waals surface area contributed by atoms with Gasteiger partial charge in [-0.15, -0.1) is 0 Å². The molecule has 1 aliphatic heterocycles. The van der Waals surface area contributed by atoms with Crippen molar-refractivity contribution in [3.63, 3.8) is 0 Å². The minimum absolute atomic E-state index is 0.292.